The van der Waals surface area contributed by atoms with Crippen molar-refractivity contribution < 1.29 is 19.4 Å². The number of carbonyl (C=O) groups excluding carboxylic acids is 1. The largest absolute Gasteiger partial charge is 0.489 e. The Hall–Kier alpha value is -2.48. The van der Waals surface area contributed by atoms with Crippen LogP contribution in [0, 0.1) is 6.92 Å². The van der Waals surface area contributed by atoms with Gasteiger partial charge in [0.1, 0.15) is 30.3 Å². The van der Waals surface area contributed by atoms with Gasteiger partial charge in [0.25, 0.3) is 0 Å². The molecule has 0 radical (unpaired) electrons. The number of hydrogen-bond acceptors (Lipinski definition) is 5. The minimum atomic E-state index is -0.651. The summed E-state index contributed by atoms with van der Waals surface area (Å²) in [7, 11) is 0. The summed E-state index contributed by atoms with van der Waals surface area (Å²) in [5.41, 5.74) is 1.66. The lowest BCUT2D eigenvalue weighted by Crippen LogP contribution is -2.35. The number of hydrogen-bond donors (Lipinski definition) is 2. The Bertz CT molecular complexity index is 934. The molecule has 33 heavy (non-hydrogen) atoms. The van der Waals surface area contributed by atoms with Crippen molar-refractivity contribution in [2.24, 2.45) is 0 Å². The maximum absolute atomic E-state index is 12.5. The molecule has 2 saturated heterocycles. The lowest BCUT2D eigenvalue weighted by molar-refractivity contribution is 0.0722. The van der Waals surface area contributed by atoms with Crippen LogP contribution in [0.2, 0.25) is 5.02 Å². The van der Waals surface area contributed by atoms with Crippen LogP contribution in [0.3, 0.4) is 0 Å². The predicted molar refractivity (Wildman–Crippen MR) is 129 cm³/mol. The molecule has 4 rings (SSSR count). The molecule has 0 aliphatic carbocycles. The molecule has 7 nitrogen and oxygen atoms in total. The quantitative estimate of drug-likeness (QED) is 0.602. The standard InChI is InChI=1S/C25H32ClN3O4/c1-18-4-9-23(27-25(31)29-11-2-3-12-29)24(14-18)32-17-20(30)15-28-13-10-22(16-28)33-21-7-5-19(26)6-8-21/h4-9,14,20,22,30H,2-3,10-13,15-17H2,1H3,(H,27,31). The highest BCUT2D eigenvalue weighted by Gasteiger charge is 2.26. The summed E-state index contributed by atoms with van der Waals surface area (Å²) < 4.78 is 12.0. The van der Waals surface area contributed by atoms with Crippen LogP contribution in [0.5, 0.6) is 11.5 Å². The predicted octanol–water partition coefficient (Wildman–Crippen LogP) is 4.17. The highest BCUT2D eigenvalue weighted by atomic mass is 35.5. The number of aliphatic hydroxyl groups excluding tert-OH is 1. The number of nitrogens with one attached hydrogen (secondary N) is 1. The van der Waals surface area contributed by atoms with Gasteiger partial charge in [-0.15, -0.1) is 0 Å². The lowest BCUT2D eigenvalue weighted by Gasteiger charge is -2.22. The van der Waals surface area contributed by atoms with Crippen molar-refractivity contribution in [3.8, 4) is 11.5 Å². The molecule has 2 aromatic carbocycles. The molecule has 178 valence electrons. The zero-order chi connectivity index (χ0) is 23.2. The number of amides is 2. The van der Waals surface area contributed by atoms with Crippen LogP contribution in [0.15, 0.2) is 42.5 Å². The van der Waals surface area contributed by atoms with Crippen LogP contribution in [0.1, 0.15) is 24.8 Å². The van der Waals surface area contributed by atoms with Gasteiger partial charge in [-0.05, 0) is 68.1 Å². The van der Waals surface area contributed by atoms with Crippen molar-refractivity contribution in [3.63, 3.8) is 0 Å². The van der Waals surface area contributed by atoms with Crippen molar-refractivity contribution in [2.45, 2.75) is 38.4 Å². The van der Waals surface area contributed by atoms with E-state index in [0.717, 1.165) is 56.8 Å². The van der Waals surface area contributed by atoms with Gasteiger partial charge in [0.2, 0.25) is 0 Å². The summed E-state index contributed by atoms with van der Waals surface area (Å²) >= 11 is 5.93. The highest BCUT2D eigenvalue weighted by molar-refractivity contribution is 6.30. The van der Waals surface area contributed by atoms with Crippen LogP contribution in [-0.4, -0.2) is 72.5 Å². The van der Waals surface area contributed by atoms with Gasteiger partial charge in [0.15, 0.2) is 0 Å². The van der Waals surface area contributed by atoms with E-state index < -0.39 is 6.10 Å². The van der Waals surface area contributed by atoms with Gasteiger partial charge in [-0.2, -0.15) is 0 Å². The average molecular weight is 474 g/mol. The Labute approximate surface area is 200 Å². The summed E-state index contributed by atoms with van der Waals surface area (Å²) in [6, 6.07) is 12.9. The Morgan fingerprint density at radius 3 is 2.70 bits per heavy atom. The second-order valence-electron chi connectivity index (χ2n) is 8.83. The summed E-state index contributed by atoms with van der Waals surface area (Å²) in [6.45, 7) is 5.80. The fraction of sp³-hybridized carbons (Fsp3) is 0.480. The zero-order valence-corrected chi connectivity index (χ0v) is 19.8. The average Bonchev–Trinajstić information content (AvgIpc) is 3.48. The third-order valence-corrected chi connectivity index (χ3v) is 6.27. The number of nitrogens with zero attached hydrogens (tertiary/aromatic N) is 2. The van der Waals surface area contributed by atoms with Gasteiger partial charge in [-0.25, -0.2) is 4.79 Å². The molecule has 2 amide bonds. The van der Waals surface area contributed by atoms with Crippen LogP contribution in [0.25, 0.3) is 0 Å². The van der Waals surface area contributed by atoms with Crippen LogP contribution in [0.4, 0.5) is 10.5 Å². The Balaban J connectivity index is 1.25. The summed E-state index contributed by atoms with van der Waals surface area (Å²) in [5, 5.41) is 14.2. The fourth-order valence-electron chi connectivity index (χ4n) is 4.27. The smallest absolute Gasteiger partial charge is 0.321 e. The van der Waals surface area contributed by atoms with Crippen LogP contribution >= 0.6 is 11.6 Å². The van der Waals surface area contributed by atoms with Crippen molar-refractivity contribution >= 4 is 23.3 Å². The number of urea groups is 1. The van der Waals surface area contributed by atoms with E-state index in [9.17, 15) is 9.90 Å². The molecule has 2 fully saturated rings. The Morgan fingerprint density at radius 1 is 1.18 bits per heavy atom. The number of aliphatic hydroxyl groups is 1. The number of likely N-dealkylation sites (tertiary alicyclic amines) is 2. The molecule has 0 spiro atoms. The van der Waals surface area contributed by atoms with E-state index in [4.69, 9.17) is 21.1 Å². The second-order valence-corrected chi connectivity index (χ2v) is 9.27. The minimum absolute atomic E-state index is 0.0865. The molecule has 2 atom stereocenters. The SMILES string of the molecule is Cc1ccc(NC(=O)N2CCCC2)c(OCC(O)CN2CCC(Oc3ccc(Cl)cc3)C2)c1. The fourth-order valence-corrected chi connectivity index (χ4v) is 4.39. The summed E-state index contributed by atoms with van der Waals surface area (Å²) in [6.07, 6.45) is 2.42. The molecule has 2 N–H and O–H groups in total. The molecule has 2 unspecified atom stereocenters. The lowest BCUT2D eigenvalue weighted by atomic mass is 10.2. The number of rotatable bonds is 8. The number of carbonyl (C=O) groups is 1. The zero-order valence-electron chi connectivity index (χ0n) is 19.0. The van der Waals surface area contributed by atoms with Gasteiger partial charge >= 0.3 is 6.03 Å². The molecule has 2 aromatic rings. The van der Waals surface area contributed by atoms with Gasteiger partial charge in [-0.1, -0.05) is 17.7 Å². The Kier molecular flexibility index (Phi) is 7.96. The normalized spacial score (nSPS) is 19.5. The van der Waals surface area contributed by atoms with E-state index in [1.165, 1.54) is 0 Å². The first-order chi connectivity index (χ1) is 16.0. The molecular weight excluding hydrogens is 442 g/mol. The molecule has 0 aromatic heterocycles. The van der Waals surface area contributed by atoms with Crippen molar-refractivity contribution in [2.75, 3.05) is 44.6 Å². The van der Waals surface area contributed by atoms with E-state index in [2.05, 4.69) is 10.2 Å². The molecule has 2 aliphatic rings. The van der Waals surface area contributed by atoms with E-state index in [0.29, 0.717) is 23.0 Å². The number of benzene rings is 2. The maximum atomic E-state index is 12.5. The number of aryl methyl sites for hydroxylation is 1. The molecule has 2 aliphatic heterocycles. The number of anilines is 1. The third kappa shape index (κ3) is 6.76. The summed E-state index contributed by atoms with van der Waals surface area (Å²) in [5.74, 6) is 1.38. The van der Waals surface area contributed by atoms with Gasteiger partial charge < -0.3 is 24.8 Å². The van der Waals surface area contributed by atoms with Crippen molar-refractivity contribution in [1.29, 1.82) is 0 Å². The van der Waals surface area contributed by atoms with E-state index in [1.54, 1.807) is 0 Å². The highest BCUT2D eigenvalue weighted by Crippen LogP contribution is 2.27. The van der Waals surface area contributed by atoms with Crippen LogP contribution < -0.4 is 14.8 Å². The van der Waals surface area contributed by atoms with Gasteiger partial charge in [0.05, 0.1) is 5.69 Å². The monoisotopic (exact) mass is 473 g/mol. The molecule has 8 heteroatoms. The molecular formula is C25H32ClN3O4. The Morgan fingerprint density at radius 2 is 1.94 bits per heavy atom. The van der Waals surface area contributed by atoms with Gasteiger partial charge in [-0.3, -0.25) is 4.90 Å². The topological polar surface area (TPSA) is 74.3 Å². The number of ether oxygens (including phenoxy) is 2. The van der Waals surface area contributed by atoms with E-state index >= 15 is 0 Å². The third-order valence-electron chi connectivity index (χ3n) is 6.02. The minimum Gasteiger partial charge on any atom is -0.489 e. The maximum Gasteiger partial charge on any atom is 0.321 e. The van der Waals surface area contributed by atoms with E-state index in [1.807, 2.05) is 54.3 Å². The molecule has 2 heterocycles. The first kappa shape index (κ1) is 23.7. The molecule has 0 bridgehead atoms. The first-order valence-electron chi connectivity index (χ1n) is 11.6. The second kappa shape index (κ2) is 11.1. The van der Waals surface area contributed by atoms with Gasteiger partial charge in [0, 0.05) is 37.7 Å². The van der Waals surface area contributed by atoms with E-state index in [-0.39, 0.29) is 18.7 Å². The van der Waals surface area contributed by atoms with Crippen LogP contribution in [-0.2, 0) is 0 Å². The summed E-state index contributed by atoms with van der Waals surface area (Å²) in [4.78, 5) is 16.5. The first-order valence-corrected chi connectivity index (χ1v) is 12.0. The number of β-amino-alcohol motifs (C(OH)–C–C–N with tert-alkyl or cyclic N) is 1. The van der Waals surface area contributed by atoms with Crippen molar-refractivity contribution in [3.05, 3.63) is 53.1 Å². The van der Waals surface area contributed by atoms with Crippen molar-refractivity contribution in [1.82, 2.24) is 9.80 Å². The number of halogens is 1. The molecule has 0 saturated carbocycles.